The first-order valence-corrected chi connectivity index (χ1v) is 6.73. The number of rotatable bonds is 6. The van der Waals surface area contributed by atoms with Gasteiger partial charge in [-0.1, -0.05) is 24.3 Å². The fraction of sp³-hybridized carbons (Fsp3) is 0.235. The highest BCUT2D eigenvalue weighted by Gasteiger charge is 2.07. The Morgan fingerprint density at radius 2 is 1.60 bits per heavy atom. The van der Waals surface area contributed by atoms with Crippen LogP contribution < -0.4 is 9.47 Å². The van der Waals surface area contributed by atoms with Gasteiger partial charge in [-0.05, 0) is 43.2 Å². The maximum Gasteiger partial charge on any atom is 0.161 e. The largest absolute Gasteiger partial charge is 0.490 e. The van der Waals surface area contributed by atoms with Gasteiger partial charge in [0.25, 0.3) is 0 Å². The number of benzene rings is 2. The monoisotopic (exact) mass is 270 g/mol. The quantitative estimate of drug-likeness (QED) is 0.745. The first-order valence-electron chi connectivity index (χ1n) is 6.73. The van der Waals surface area contributed by atoms with Crippen LogP contribution in [-0.4, -0.2) is 19.5 Å². The summed E-state index contributed by atoms with van der Waals surface area (Å²) in [6.07, 6.45) is 0.849. The Bertz CT molecular complexity index is 591. The van der Waals surface area contributed by atoms with E-state index in [2.05, 4.69) is 0 Å². The fourth-order valence-electron chi connectivity index (χ4n) is 2.02. The Hall–Kier alpha value is -2.29. The van der Waals surface area contributed by atoms with E-state index in [1.165, 1.54) is 0 Å². The van der Waals surface area contributed by atoms with Gasteiger partial charge in [-0.25, -0.2) is 0 Å². The van der Waals surface area contributed by atoms with Crippen molar-refractivity contribution >= 4 is 6.29 Å². The van der Waals surface area contributed by atoms with Gasteiger partial charge in [-0.15, -0.1) is 0 Å². The maximum absolute atomic E-state index is 10.9. The molecule has 0 unspecified atom stereocenters. The van der Waals surface area contributed by atoms with Gasteiger partial charge in [0.15, 0.2) is 11.5 Å². The Kier molecular flexibility index (Phi) is 4.77. The third-order valence-electron chi connectivity index (χ3n) is 2.90. The molecule has 0 heterocycles. The predicted octanol–water partition coefficient (Wildman–Crippen LogP) is 3.96. The second-order valence-corrected chi connectivity index (χ2v) is 4.27. The molecule has 0 saturated heterocycles. The minimum absolute atomic E-state index is 0.581. The zero-order valence-electron chi connectivity index (χ0n) is 11.8. The lowest BCUT2D eigenvalue weighted by Crippen LogP contribution is -1.98. The average molecular weight is 270 g/mol. The molecule has 0 N–H and O–H groups in total. The highest BCUT2D eigenvalue weighted by atomic mass is 16.5. The Balaban J connectivity index is 2.41. The summed E-state index contributed by atoms with van der Waals surface area (Å²) in [7, 11) is 0. The van der Waals surface area contributed by atoms with Gasteiger partial charge in [0, 0.05) is 5.56 Å². The van der Waals surface area contributed by atoms with Gasteiger partial charge in [-0.2, -0.15) is 0 Å². The van der Waals surface area contributed by atoms with Crippen LogP contribution in [0.3, 0.4) is 0 Å². The molecule has 0 aliphatic rings. The van der Waals surface area contributed by atoms with Gasteiger partial charge in [-0.3, -0.25) is 4.79 Å². The molecule has 0 atom stereocenters. The van der Waals surface area contributed by atoms with Crippen LogP contribution >= 0.6 is 0 Å². The van der Waals surface area contributed by atoms with Crippen molar-refractivity contribution < 1.29 is 14.3 Å². The summed E-state index contributed by atoms with van der Waals surface area (Å²) in [6.45, 7) is 5.06. The summed E-state index contributed by atoms with van der Waals surface area (Å²) in [4.78, 5) is 10.9. The minimum Gasteiger partial charge on any atom is -0.490 e. The average Bonchev–Trinajstić information content (AvgIpc) is 2.49. The molecule has 0 aromatic heterocycles. The molecule has 0 amide bonds. The summed E-state index contributed by atoms with van der Waals surface area (Å²) in [5.41, 5.74) is 2.65. The minimum atomic E-state index is 0.581. The van der Waals surface area contributed by atoms with Crippen molar-refractivity contribution in [1.82, 2.24) is 0 Å². The van der Waals surface area contributed by atoms with Crippen molar-refractivity contribution in [3.05, 3.63) is 48.0 Å². The van der Waals surface area contributed by atoms with Gasteiger partial charge in [0.1, 0.15) is 6.29 Å². The van der Waals surface area contributed by atoms with Crippen LogP contribution in [0, 0.1) is 0 Å². The van der Waals surface area contributed by atoms with E-state index in [1.54, 1.807) is 6.07 Å². The molecule has 0 radical (unpaired) electrons. The number of hydrogen-bond acceptors (Lipinski definition) is 3. The van der Waals surface area contributed by atoms with E-state index < -0.39 is 0 Å². The lowest BCUT2D eigenvalue weighted by atomic mass is 10.0. The molecule has 2 rings (SSSR count). The highest BCUT2D eigenvalue weighted by molar-refractivity contribution is 5.79. The van der Waals surface area contributed by atoms with Gasteiger partial charge in [0.05, 0.1) is 13.2 Å². The lowest BCUT2D eigenvalue weighted by Gasteiger charge is -2.12. The predicted molar refractivity (Wildman–Crippen MR) is 79.6 cm³/mol. The van der Waals surface area contributed by atoms with E-state index in [0.717, 1.165) is 28.9 Å². The number of ether oxygens (including phenoxy) is 2. The van der Waals surface area contributed by atoms with Crippen molar-refractivity contribution in [2.24, 2.45) is 0 Å². The Labute approximate surface area is 119 Å². The van der Waals surface area contributed by atoms with Crippen LogP contribution in [0.25, 0.3) is 11.1 Å². The van der Waals surface area contributed by atoms with E-state index in [-0.39, 0.29) is 0 Å². The van der Waals surface area contributed by atoms with E-state index in [1.807, 2.05) is 50.2 Å². The van der Waals surface area contributed by atoms with Crippen LogP contribution in [0.15, 0.2) is 42.5 Å². The molecule has 0 bridgehead atoms. The standard InChI is InChI=1S/C17H18O3/c1-3-19-16-9-8-15(11-17(16)20-4-2)14-7-5-6-13(10-14)12-18/h5-12H,3-4H2,1-2H3. The first kappa shape index (κ1) is 14.1. The SMILES string of the molecule is CCOc1ccc(-c2cccc(C=O)c2)cc1OCC. The lowest BCUT2D eigenvalue weighted by molar-refractivity contribution is 0.112. The summed E-state index contributed by atoms with van der Waals surface area (Å²) in [5.74, 6) is 1.47. The molecule has 2 aromatic carbocycles. The summed E-state index contributed by atoms with van der Waals surface area (Å²) in [6, 6.07) is 13.3. The highest BCUT2D eigenvalue weighted by Crippen LogP contribution is 2.33. The van der Waals surface area contributed by atoms with Crippen molar-refractivity contribution in [3.8, 4) is 22.6 Å². The maximum atomic E-state index is 10.9. The van der Waals surface area contributed by atoms with E-state index in [0.29, 0.717) is 18.8 Å². The van der Waals surface area contributed by atoms with Gasteiger partial charge in [0.2, 0.25) is 0 Å². The number of aldehydes is 1. The fourth-order valence-corrected chi connectivity index (χ4v) is 2.02. The molecule has 104 valence electrons. The normalized spacial score (nSPS) is 10.1. The van der Waals surface area contributed by atoms with E-state index in [4.69, 9.17) is 9.47 Å². The third-order valence-corrected chi connectivity index (χ3v) is 2.90. The summed E-state index contributed by atoms with van der Waals surface area (Å²) < 4.78 is 11.2. The molecule has 0 aliphatic heterocycles. The number of carbonyl (C=O) groups is 1. The second-order valence-electron chi connectivity index (χ2n) is 4.27. The topological polar surface area (TPSA) is 35.5 Å². The molecule has 0 aliphatic carbocycles. The molecule has 3 heteroatoms. The van der Waals surface area contributed by atoms with Crippen molar-refractivity contribution in [2.45, 2.75) is 13.8 Å². The molecule has 2 aromatic rings. The summed E-state index contributed by atoms with van der Waals surface area (Å²) >= 11 is 0. The van der Waals surface area contributed by atoms with Crippen LogP contribution in [0.4, 0.5) is 0 Å². The second kappa shape index (κ2) is 6.75. The molecule has 3 nitrogen and oxygen atoms in total. The van der Waals surface area contributed by atoms with Crippen LogP contribution in [0.1, 0.15) is 24.2 Å². The number of hydrogen-bond donors (Lipinski definition) is 0. The van der Waals surface area contributed by atoms with Crippen LogP contribution in [0.2, 0.25) is 0 Å². The van der Waals surface area contributed by atoms with Crippen molar-refractivity contribution in [2.75, 3.05) is 13.2 Å². The molecular formula is C17H18O3. The first-order chi connectivity index (χ1) is 9.78. The van der Waals surface area contributed by atoms with Crippen molar-refractivity contribution in [1.29, 1.82) is 0 Å². The number of carbonyl (C=O) groups excluding carboxylic acids is 1. The molecule has 0 fully saturated rings. The zero-order chi connectivity index (χ0) is 14.4. The van der Waals surface area contributed by atoms with Gasteiger partial charge < -0.3 is 9.47 Å². The van der Waals surface area contributed by atoms with Crippen LogP contribution in [-0.2, 0) is 0 Å². The van der Waals surface area contributed by atoms with E-state index >= 15 is 0 Å². The summed E-state index contributed by atoms with van der Waals surface area (Å²) in [5, 5.41) is 0. The Morgan fingerprint density at radius 3 is 2.30 bits per heavy atom. The molecule has 0 saturated carbocycles. The van der Waals surface area contributed by atoms with Crippen LogP contribution in [0.5, 0.6) is 11.5 Å². The van der Waals surface area contributed by atoms with E-state index in [9.17, 15) is 4.79 Å². The smallest absolute Gasteiger partial charge is 0.161 e. The Morgan fingerprint density at radius 1 is 0.900 bits per heavy atom. The third kappa shape index (κ3) is 3.18. The zero-order valence-corrected chi connectivity index (χ0v) is 11.8. The molecular weight excluding hydrogens is 252 g/mol. The van der Waals surface area contributed by atoms with Crippen molar-refractivity contribution in [3.63, 3.8) is 0 Å². The molecule has 0 spiro atoms. The molecule has 20 heavy (non-hydrogen) atoms. The van der Waals surface area contributed by atoms with Gasteiger partial charge >= 0.3 is 0 Å².